The number of carbonyl (C=O) groups is 2. The number of thiophene rings is 1. The summed E-state index contributed by atoms with van der Waals surface area (Å²) in [5.74, 6) is -0.553. The number of aromatic nitrogens is 2. The van der Waals surface area contributed by atoms with Crippen LogP contribution in [0.1, 0.15) is 17.5 Å². The van der Waals surface area contributed by atoms with Crippen LogP contribution in [0.5, 0.6) is 5.75 Å². The molecule has 3 unspecified atom stereocenters. The van der Waals surface area contributed by atoms with Gasteiger partial charge in [0, 0.05) is 35.2 Å². The maximum atomic E-state index is 14.4. The number of aryl methyl sites for hydroxylation is 1. The van der Waals surface area contributed by atoms with E-state index in [1.807, 2.05) is 11.4 Å². The molecule has 2 aromatic heterocycles. The number of nitrogens with one attached hydrogen (secondary N) is 1. The molecule has 2 aromatic carbocycles. The average Bonchev–Trinajstić information content (AvgIpc) is 3.74. The minimum absolute atomic E-state index is 0.0322. The molecule has 1 saturated heterocycles. The number of alkyl halides is 1. The molecule has 1 aliphatic carbocycles. The molecule has 1 N–H and O–H groups in total. The van der Waals surface area contributed by atoms with E-state index in [1.54, 1.807) is 17.4 Å². The number of hydrogen-bond donors (Lipinski definition) is 1. The molecule has 0 bridgehead atoms. The zero-order valence-electron chi connectivity index (χ0n) is 27.5. The highest BCUT2D eigenvalue weighted by Gasteiger charge is 2.37. The van der Waals surface area contributed by atoms with Crippen LogP contribution in [0.15, 0.2) is 60.5 Å². The Bertz CT molecular complexity index is 1830. The number of ether oxygens (including phenoxy) is 3. The number of nitrogens with zero attached hydrogens (tertiary/aromatic N) is 4. The van der Waals surface area contributed by atoms with Gasteiger partial charge in [0.25, 0.3) is 0 Å². The van der Waals surface area contributed by atoms with Gasteiger partial charge < -0.3 is 29.3 Å². The van der Waals surface area contributed by atoms with E-state index >= 15 is 0 Å². The Morgan fingerprint density at radius 2 is 1.92 bits per heavy atom. The summed E-state index contributed by atoms with van der Waals surface area (Å²) in [5.41, 5.74) is 5.79. The number of fused-ring (bicyclic) bond motifs is 2. The van der Waals surface area contributed by atoms with Gasteiger partial charge in [-0.1, -0.05) is 18.7 Å². The van der Waals surface area contributed by atoms with Crippen LogP contribution >= 0.6 is 11.3 Å². The molecular weight excluding hydrogens is 652 g/mol. The molecule has 1 fully saturated rings. The first-order valence-electron chi connectivity index (χ1n) is 16.2. The standard InChI is InChI=1S/C36H39F2N5O5S/c1-4-32(44)43-20-29(38)31(21-43)48-36(45)39-12-13-46-14-15-47-30-19-25(37)8-10-27(30)34-35-28(11-16-49-35)33(40-41-34)24-6-5-23-18-26(42(2)3)9-7-22(23)17-24/h4-6,8,10-11,16-17,19,26,29,31H,1,7,9,12-15,18,20-21H2,2-3H3,(H,39,45). The number of hydrogen-bond acceptors (Lipinski definition) is 9. The third kappa shape index (κ3) is 7.90. The van der Waals surface area contributed by atoms with E-state index in [0.29, 0.717) is 23.0 Å². The Labute approximate surface area is 287 Å². The van der Waals surface area contributed by atoms with Gasteiger partial charge in [-0.05, 0) is 80.2 Å². The molecule has 3 atom stereocenters. The fourth-order valence-corrected chi connectivity index (χ4v) is 7.17. The molecule has 10 nitrogen and oxygen atoms in total. The number of amides is 2. The highest BCUT2D eigenvalue weighted by Crippen LogP contribution is 2.40. The largest absolute Gasteiger partial charge is 0.490 e. The Hall–Kier alpha value is -4.46. The number of alkyl carbamates (subject to hydrolysis) is 1. The molecule has 0 spiro atoms. The maximum absolute atomic E-state index is 14.4. The molecule has 3 heterocycles. The quantitative estimate of drug-likeness (QED) is 0.155. The first kappa shape index (κ1) is 34.4. The lowest BCUT2D eigenvalue weighted by molar-refractivity contribution is -0.125. The van der Waals surface area contributed by atoms with Crippen molar-refractivity contribution in [3.8, 4) is 28.3 Å². The van der Waals surface area contributed by atoms with Gasteiger partial charge in [-0.25, -0.2) is 13.6 Å². The number of likely N-dealkylation sites (tertiary alicyclic amines) is 1. The molecular formula is C36H39F2N5O5S. The molecule has 1 aliphatic heterocycles. The van der Waals surface area contributed by atoms with Crippen molar-refractivity contribution in [2.24, 2.45) is 0 Å². The third-order valence-electron chi connectivity index (χ3n) is 8.94. The topological polar surface area (TPSA) is 106 Å². The van der Waals surface area contributed by atoms with Crippen LogP contribution in [0.3, 0.4) is 0 Å². The minimum atomic E-state index is -1.47. The third-order valence-corrected chi connectivity index (χ3v) is 9.86. The second kappa shape index (κ2) is 15.4. The first-order chi connectivity index (χ1) is 23.7. The number of rotatable bonds is 12. The van der Waals surface area contributed by atoms with E-state index in [9.17, 15) is 18.4 Å². The lowest BCUT2D eigenvalue weighted by atomic mass is 9.86. The summed E-state index contributed by atoms with van der Waals surface area (Å²) >= 11 is 1.55. The van der Waals surface area contributed by atoms with Crippen molar-refractivity contribution in [3.05, 3.63) is 77.4 Å². The SMILES string of the molecule is C=CC(=O)N1CC(F)C(OC(=O)NCCOCCOc2cc(F)ccc2-c2nnc(-c3ccc4c(c3)CCC(N(C)C)C4)c3ccsc23)C1. The Balaban J connectivity index is 1.04. The van der Waals surface area contributed by atoms with E-state index in [2.05, 4.69) is 59.3 Å². The van der Waals surface area contributed by atoms with E-state index in [4.69, 9.17) is 14.2 Å². The highest BCUT2D eigenvalue weighted by atomic mass is 32.1. The zero-order valence-corrected chi connectivity index (χ0v) is 28.3. The van der Waals surface area contributed by atoms with Gasteiger partial charge in [0.1, 0.15) is 29.6 Å². The summed E-state index contributed by atoms with van der Waals surface area (Å²) in [6, 6.07) is 13.5. The van der Waals surface area contributed by atoms with Crippen LogP contribution in [0, 0.1) is 5.82 Å². The van der Waals surface area contributed by atoms with Crippen LogP contribution in [-0.2, 0) is 27.1 Å². The second-order valence-electron chi connectivity index (χ2n) is 12.3. The molecule has 2 amide bonds. The monoisotopic (exact) mass is 691 g/mol. The van der Waals surface area contributed by atoms with Gasteiger partial charge >= 0.3 is 6.09 Å². The summed E-state index contributed by atoms with van der Waals surface area (Å²) in [6.45, 7) is 3.73. The van der Waals surface area contributed by atoms with Gasteiger partial charge in [0.15, 0.2) is 12.3 Å². The van der Waals surface area contributed by atoms with Crippen molar-refractivity contribution < 1.29 is 32.6 Å². The van der Waals surface area contributed by atoms with Gasteiger partial charge in [0.2, 0.25) is 5.91 Å². The molecule has 49 heavy (non-hydrogen) atoms. The number of likely N-dealkylation sites (N-methyl/N-ethyl adjacent to an activating group) is 1. The van der Waals surface area contributed by atoms with Gasteiger partial charge in [-0.2, -0.15) is 0 Å². The summed E-state index contributed by atoms with van der Waals surface area (Å²) in [5, 5.41) is 14.8. The fraction of sp³-hybridized carbons (Fsp3) is 0.389. The van der Waals surface area contributed by atoms with Gasteiger partial charge in [0.05, 0.1) is 31.0 Å². The predicted octanol–water partition coefficient (Wildman–Crippen LogP) is 5.44. The molecule has 6 rings (SSSR count). The second-order valence-corrected chi connectivity index (χ2v) is 13.3. The molecule has 0 radical (unpaired) electrons. The van der Waals surface area contributed by atoms with Crippen molar-refractivity contribution in [3.63, 3.8) is 0 Å². The minimum Gasteiger partial charge on any atom is -0.490 e. The first-order valence-corrected chi connectivity index (χ1v) is 17.1. The van der Waals surface area contributed by atoms with Crippen LogP contribution < -0.4 is 10.1 Å². The van der Waals surface area contributed by atoms with Crippen molar-refractivity contribution in [2.45, 2.75) is 37.6 Å². The smallest absolute Gasteiger partial charge is 0.407 e. The van der Waals surface area contributed by atoms with E-state index in [1.165, 1.54) is 28.2 Å². The Morgan fingerprint density at radius 1 is 1.08 bits per heavy atom. The van der Waals surface area contributed by atoms with E-state index in [-0.39, 0.29) is 39.5 Å². The number of benzene rings is 2. The lowest BCUT2D eigenvalue weighted by Gasteiger charge is -2.30. The van der Waals surface area contributed by atoms with Crippen LogP contribution in [-0.4, -0.2) is 104 Å². The number of carbonyl (C=O) groups excluding carboxylic acids is 2. The predicted molar refractivity (Wildman–Crippen MR) is 184 cm³/mol. The van der Waals surface area contributed by atoms with Gasteiger partial charge in [-0.3, -0.25) is 4.79 Å². The normalized spacial score (nSPS) is 18.8. The lowest BCUT2D eigenvalue weighted by Crippen LogP contribution is -2.35. The Kier molecular flexibility index (Phi) is 10.8. The molecule has 0 saturated carbocycles. The molecule has 2 aliphatic rings. The van der Waals surface area contributed by atoms with Crippen molar-refractivity contribution in [1.29, 1.82) is 0 Å². The maximum Gasteiger partial charge on any atom is 0.407 e. The zero-order chi connectivity index (χ0) is 34.5. The van der Waals surface area contributed by atoms with Crippen LogP contribution in [0.25, 0.3) is 32.6 Å². The van der Waals surface area contributed by atoms with Crippen LogP contribution in [0.4, 0.5) is 13.6 Å². The van der Waals surface area contributed by atoms with Crippen molar-refractivity contribution in [2.75, 3.05) is 53.6 Å². The Morgan fingerprint density at radius 3 is 2.73 bits per heavy atom. The molecule has 4 aromatic rings. The molecule has 258 valence electrons. The molecule has 13 heteroatoms. The van der Waals surface area contributed by atoms with Crippen molar-refractivity contribution >= 4 is 33.4 Å². The highest BCUT2D eigenvalue weighted by molar-refractivity contribution is 7.17. The van der Waals surface area contributed by atoms with Crippen LogP contribution in [0.2, 0.25) is 0 Å². The summed E-state index contributed by atoms with van der Waals surface area (Å²) in [4.78, 5) is 27.3. The van der Waals surface area contributed by atoms with E-state index in [0.717, 1.165) is 46.7 Å². The van der Waals surface area contributed by atoms with Crippen molar-refractivity contribution in [1.82, 2.24) is 25.3 Å². The van der Waals surface area contributed by atoms with Gasteiger partial charge in [-0.15, -0.1) is 21.5 Å². The summed E-state index contributed by atoms with van der Waals surface area (Å²) in [6.07, 6.45) is 0.950. The van der Waals surface area contributed by atoms with E-state index < -0.39 is 30.1 Å². The summed E-state index contributed by atoms with van der Waals surface area (Å²) in [7, 11) is 4.27. The number of halogens is 2. The average molecular weight is 692 g/mol. The summed E-state index contributed by atoms with van der Waals surface area (Å²) < 4.78 is 46.1. The fourth-order valence-electron chi connectivity index (χ4n) is 6.27.